The van der Waals surface area contributed by atoms with Crippen LogP contribution in [0.25, 0.3) is 0 Å². The first-order chi connectivity index (χ1) is 8.01. The molecule has 6 heteroatoms. The summed E-state index contributed by atoms with van der Waals surface area (Å²) in [5, 5.41) is 21.7. The monoisotopic (exact) mass is 249 g/mol. The molecule has 1 unspecified atom stereocenters. The first kappa shape index (κ1) is 13.3. The van der Waals surface area contributed by atoms with Gasteiger partial charge in [-0.25, -0.2) is 0 Å². The van der Waals surface area contributed by atoms with Gasteiger partial charge in [0.05, 0.1) is 5.69 Å². The summed E-state index contributed by atoms with van der Waals surface area (Å²) >= 11 is 1.23. The number of thiophene rings is 1. The van der Waals surface area contributed by atoms with Gasteiger partial charge >= 0.3 is 0 Å². The van der Waals surface area contributed by atoms with Crippen molar-refractivity contribution in [3.63, 3.8) is 0 Å². The maximum absolute atomic E-state index is 9.00. The second-order valence-corrected chi connectivity index (χ2v) is 4.99. The van der Waals surface area contributed by atoms with Gasteiger partial charge < -0.3 is 16.0 Å². The lowest BCUT2D eigenvalue weighted by Gasteiger charge is -2.20. The molecule has 0 bridgehead atoms. The van der Waals surface area contributed by atoms with E-state index in [2.05, 4.69) is 17.1 Å². The fourth-order valence-electron chi connectivity index (χ4n) is 1.19. The van der Waals surface area contributed by atoms with Gasteiger partial charge in [-0.3, -0.25) is 0 Å². The van der Waals surface area contributed by atoms with E-state index in [1.54, 1.807) is 0 Å². The molecule has 0 aromatic carbocycles. The van der Waals surface area contributed by atoms with Gasteiger partial charge in [-0.15, -0.1) is 11.3 Å². The summed E-state index contributed by atoms with van der Waals surface area (Å²) in [7, 11) is 3.97. The Balaban J connectivity index is 2.86. The Bertz CT molecular complexity index is 477. The molecule has 0 aliphatic carbocycles. The van der Waals surface area contributed by atoms with Crippen LogP contribution < -0.4 is 11.1 Å². The van der Waals surface area contributed by atoms with Crippen LogP contribution in [-0.2, 0) is 0 Å². The van der Waals surface area contributed by atoms with E-state index in [9.17, 15) is 0 Å². The standard InChI is InChI=1S/C11H15N5S/c1-7(16(2)3)6-15-11-8(4-12)10(14)9(5-13)17-11/h7,15H,6,14H2,1-3H3. The van der Waals surface area contributed by atoms with Crippen LogP contribution in [0.5, 0.6) is 0 Å². The largest absolute Gasteiger partial charge is 0.396 e. The Kier molecular flexibility index (Phi) is 4.33. The highest BCUT2D eigenvalue weighted by Crippen LogP contribution is 2.34. The highest BCUT2D eigenvalue weighted by atomic mass is 32.1. The lowest BCUT2D eigenvalue weighted by molar-refractivity contribution is 0.326. The Labute approximate surface area is 105 Å². The molecule has 17 heavy (non-hydrogen) atoms. The summed E-state index contributed by atoms with van der Waals surface area (Å²) in [6.45, 7) is 2.77. The SMILES string of the molecule is CC(CNc1sc(C#N)c(N)c1C#N)N(C)C. The molecular formula is C11H15N5S. The molecule has 1 heterocycles. The van der Waals surface area contributed by atoms with Gasteiger partial charge in [-0.2, -0.15) is 10.5 Å². The van der Waals surface area contributed by atoms with Gasteiger partial charge in [0.25, 0.3) is 0 Å². The number of hydrogen-bond donors (Lipinski definition) is 2. The van der Waals surface area contributed by atoms with Crippen LogP contribution in [0, 0.1) is 22.7 Å². The maximum Gasteiger partial charge on any atom is 0.131 e. The molecule has 0 aliphatic rings. The number of nitriles is 2. The number of nitrogen functional groups attached to an aromatic ring is 1. The van der Waals surface area contributed by atoms with Gasteiger partial charge in [-0.05, 0) is 21.0 Å². The molecule has 0 aliphatic heterocycles. The zero-order valence-corrected chi connectivity index (χ0v) is 10.9. The minimum atomic E-state index is 0.278. The number of rotatable bonds is 4. The fourth-order valence-corrected chi connectivity index (χ4v) is 2.06. The molecule has 1 aromatic rings. The van der Waals surface area contributed by atoms with E-state index in [1.807, 2.05) is 26.2 Å². The summed E-state index contributed by atoms with van der Waals surface area (Å²) in [4.78, 5) is 2.46. The molecule has 1 aromatic heterocycles. The Morgan fingerprint density at radius 1 is 1.41 bits per heavy atom. The van der Waals surface area contributed by atoms with E-state index in [4.69, 9.17) is 16.3 Å². The Morgan fingerprint density at radius 2 is 2.06 bits per heavy atom. The summed E-state index contributed by atoms with van der Waals surface area (Å²) < 4.78 is 0. The van der Waals surface area contributed by atoms with Crippen LogP contribution in [0.15, 0.2) is 0 Å². The van der Waals surface area contributed by atoms with Crippen LogP contribution in [0.4, 0.5) is 10.7 Å². The number of likely N-dealkylation sites (N-methyl/N-ethyl adjacent to an activating group) is 1. The smallest absolute Gasteiger partial charge is 0.131 e. The maximum atomic E-state index is 9.00. The number of nitrogens with one attached hydrogen (secondary N) is 1. The van der Waals surface area contributed by atoms with Crippen LogP contribution >= 0.6 is 11.3 Å². The van der Waals surface area contributed by atoms with Crippen LogP contribution in [-0.4, -0.2) is 31.6 Å². The predicted octanol–water partition coefficient (Wildman–Crippen LogP) is 1.44. The molecule has 90 valence electrons. The Morgan fingerprint density at radius 3 is 2.53 bits per heavy atom. The van der Waals surface area contributed by atoms with Crippen LogP contribution in [0.1, 0.15) is 17.4 Å². The molecule has 3 N–H and O–H groups in total. The van der Waals surface area contributed by atoms with E-state index >= 15 is 0 Å². The zero-order valence-electron chi connectivity index (χ0n) is 10.1. The topological polar surface area (TPSA) is 88.9 Å². The Hall–Kier alpha value is -1.76. The fraction of sp³-hybridized carbons (Fsp3) is 0.455. The molecule has 0 amide bonds. The molecule has 0 spiro atoms. The van der Waals surface area contributed by atoms with E-state index in [-0.39, 0.29) is 5.69 Å². The molecule has 1 atom stereocenters. The van der Waals surface area contributed by atoms with Gasteiger partial charge in [0, 0.05) is 12.6 Å². The molecule has 0 radical (unpaired) electrons. The van der Waals surface area contributed by atoms with E-state index in [0.717, 1.165) is 0 Å². The summed E-state index contributed by atoms with van der Waals surface area (Å²) in [5.41, 5.74) is 6.36. The van der Waals surface area contributed by atoms with E-state index < -0.39 is 0 Å². The molecule has 5 nitrogen and oxygen atoms in total. The third kappa shape index (κ3) is 2.88. The predicted molar refractivity (Wildman–Crippen MR) is 69.8 cm³/mol. The van der Waals surface area contributed by atoms with Gasteiger partial charge in [-0.1, -0.05) is 0 Å². The lowest BCUT2D eigenvalue weighted by Crippen LogP contribution is -2.31. The minimum Gasteiger partial charge on any atom is -0.396 e. The molecular weight excluding hydrogens is 234 g/mol. The van der Waals surface area contributed by atoms with E-state index in [0.29, 0.717) is 28.0 Å². The number of hydrogen-bond acceptors (Lipinski definition) is 6. The molecule has 0 fully saturated rings. The molecule has 0 saturated heterocycles. The van der Waals surface area contributed by atoms with Crippen LogP contribution in [0.3, 0.4) is 0 Å². The normalized spacial score (nSPS) is 11.9. The number of nitrogens with zero attached hydrogens (tertiary/aromatic N) is 3. The highest BCUT2D eigenvalue weighted by molar-refractivity contribution is 7.17. The van der Waals surface area contributed by atoms with Crippen molar-refractivity contribution < 1.29 is 0 Å². The second-order valence-electron chi connectivity index (χ2n) is 3.97. The second kappa shape index (κ2) is 5.53. The van der Waals surface area contributed by atoms with Crippen molar-refractivity contribution in [2.24, 2.45) is 0 Å². The third-order valence-electron chi connectivity index (χ3n) is 2.60. The lowest BCUT2D eigenvalue weighted by atomic mass is 10.2. The highest BCUT2D eigenvalue weighted by Gasteiger charge is 2.16. The first-order valence-corrected chi connectivity index (χ1v) is 5.95. The average molecular weight is 249 g/mol. The first-order valence-electron chi connectivity index (χ1n) is 5.14. The summed E-state index contributed by atoms with van der Waals surface area (Å²) in [6.07, 6.45) is 0. The van der Waals surface area contributed by atoms with E-state index in [1.165, 1.54) is 11.3 Å². The van der Waals surface area contributed by atoms with Gasteiger partial charge in [0.15, 0.2) is 0 Å². The number of nitrogens with two attached hydrogens (primary N) is 1. The van der Waals surface area contributed by atoms with Crippen LogP contribution in [0.2, 0.25) is 0 Å². The summed E-state index contributed by atoms with van der Waals surface area (Å²) in [6, 6.07) is 4.35. The molecule has 1 rings (SSSR count). The quantitative estimate of drug-likeness (QED) is 0.842. The van der Waals surface area contributed by atoms with Gasteiger partial charge in [0.2, 0.25) is 0 Å². The molecule has 0 saturated carbocycles. The van der Waals surface area contributed by atoms with Crippen molar-refractivity contribution in [2.75, 3.05) is 31.7 Å². The average Bonchev–Trinajstić information content (AvgIpc) is 2.61. The van der Waals surface area contributed by atoms with Crippen molar-refractivity contribution in [2.45, 2.75) is 13.0 Å². The zero-order chi connectivity index (χ0) is 13.0. The van der Waals surface area contributed by atoms with Crippen molar-refractivity contribution in [1.29, 1.82) is 10.5 Å². The van der Waals surface area contributed by atoms with Crippen molar-refractivity contribution >= 4 is 22.0 Å². The van der Waals surface area contributed by atoms with Crippen molar-refractivity contribution in [1.82, 2.24) is 4.90 Å². The third-order valence-corrected chi connectivity index (χ3v) is 3.67. The van der Waals surface area contributed by atoms with Crippen molar-refractivity contribution in [3.05, 3.63) is 10.4 Å². The minimum absolute atomic E-state index is 0.278. The number of anilines is 2. The van der Waals surface area contributed by atoms with Gasteiger partial charge in [0.1, 0.15) is 27.6 Å². The summed E-state index contributed by atoms with van der Waals surface area (Å²) in [5.74, 6) is 0. The van der Waals surface area contributed by atoms with Crippen molar-refractivity contribution in [3.8, 4) is 12.1 Å².